The molecule has 1 N–H and O–H groups in total. The molecule has 0 saturated carbocycles. The number of benzene rings is 1. The van der Waals surface area contributed by atoms with Gasteiger partial charge in [0.05, 0.1) is 17.1 Å². The summed E-state index contributed by atoms with van der Waals surface area (Å²) in [5, 5.41) is 12.0. The first kappa shape index (κ1) is 19.2. The monoisotopic (exact) mass is 384 g/mol. The number of aromatic nitrogens is 3. The van der Waals surface area contributed by atoms with Gasteiger partial charge in [0.15, 0.2) is 11.0 Å². The summed E-state index contributed by atoms with van der Waals surface area (Å²) in [5.41, 5.74) is 3.92. The Morgan fingerprint density at radius 1 is 1.26 bits per heavy atom. The van der Waals surface area contributed by atoms with E-state index in [-0.39, 0.29) is 11.2 Å². The van der Waals surface area contributed by atoms with E-state index in [0.29, 0.717) is 6.54 Å². The molecule has 0 aliphatic carbocycles. The van der Waals surface area contributed by atoms with Crippen LogP contribution in [0, 0.1) is 20.8 Å². The highest BCUT2D eigenvalue weighted by atomic mass is 32.2. The summed E-state index contributed by atoms with van der Waals surface area (Å²) in [6, 6.07) is 7.91. The number of thioether (sulfide) groups is 1. The lowest BCUT2D eigenvalue weighted by Crippen LogP contribution is -2.23. The van der Waals surface area contributed by atoms with Crippen LogP contribution >= 0.6 is 11.8 Å². The molecule has 2 heterocycles. The summed E-state index contributed by atoms with van der Waals surface area (Å²) in [7, 11) is 0. The highest BCUT2D eigenvalue weighted by Crippen LogP contribution is 2.29. The highest BCUT2D eigenvalue weighted by molar-refractivity contribution is 8.00. The van der Waals surface area contributed by atoms with Gasteiger partial charge < -0.3 is 14.3 Å². The summed E-state index contributed by atoms with van der Waals surface area (Å²) < 4.78 is 7.39. The van der Waals surface area contributed by atoms with E-state index in [4.69, 9.17) is 4.42 Å². The first-order chi connectivity index (χ1) is 12.9. The van der Waals surface area contributed by atoms with E-state index in [2.05, 4.69) is 15.5 Å². The predicted octanol–water partition coefficient (Wildman–Crippen LogP) is 4.60. The molecule has 27 heavy (non-hydrogen) atoms. The van der Waals surface area contributed by atoms with Gasteiger partial charge in [-0.2, -0.15) is 0 Å². The maximum atomic E-state index is 12.7. The molecule has 6 nitrogen and oxygen atoms in total. The van der Waals surface area contributed by atoms with Crippen LogP contribution in [0.2, 0.25) is 0 Å². The van der Waals surface area contributed by atoms with Gasteiger partial charge in [0.1, 0.15) is 5.76 Å². The van der Waals surface area contributed by atoms with E-state index < -0.39 is 0 Å². The minimum absolute atomic E-state index is 0.0552. The smallest absolute Gasteiger partial charge is 0.237 e. The van der Waals surface area contributed by atoms with Crippen molar-refractivity contribution in [1.82, 2.24) is 14.8 Å². The van der Waals surface area contributed by atoms with Gasteiger partial charge in [0.2, 0.25) is 5.91 Å². The number of carbonyl (C=O) groups is 1. The fourth-order valence-corrected chi connectivity index (χ4v) is 3.71. The molecule has 0 radical (unpaired) electrons. The molecule has 2 aromatic heterocycles. The van der Waals surface area contributed by atoms with Crippen molar-refractivity contribution < 1.29 is 9.21 Å². The van der Waals surface area contributed by atoms with Gasteiger partial charge in [0.25, 0.3) is 0 Å². The Bertz CT molecular complexity index is 961. The minimum atomic E-state index is -0.308. The fraction of sp³-hybridized carbons (Fsp3) is 0.350. The summed E-state index contributed by atoms with van der Waals surface area (Å²) in [6.07, 6.45) is 1.65. The van der Waals surface area contributed by atoms with Crippen molar-refractivity contribution in [2.75, 3.05) is 5.32 Å². The van der Waals surface area contributed by atoms with Crippen LogP contribution in [0.25, 0.3) is 11.4 Å². The highest BCUT2D eigenvalue weighted by Gasteiger charge is 2.22. The summed E-state index contributed by atoms with van der Waals surface area (Å²) in [4.78, 5) is 12.7. The number of nitrogens with zero attached hydrogens (tertiary/aromatic N) is 3. The molecular formula is C20H24N4O2S. The van der Waals surface area contributed by atoms with Crippen molar-refractivity contribution >= 4 is 23.4 Å². The molecule has 0 spiro atoms. The molecule has 7 heteroatoms. The predicted molar refractivity (Wildman–Crippen MR) is 108 cm³/mol. The zero-order valence-corrected chi connectivity index (χ0v) is 17.1. The van der Waals surface area contributed by atoms with Gasteiger partial charge >= 0.3 is 0 Å². The summed E-state index contributed by atoms with van der Waals surface area (Å²) in [5.74, 6) is 1.50. The Balaban J connectivity index is 1.77. The quantitative estimate of drug-likeness (QED) is 0.629. The maximum Gasteiger partial charge on any atom is 0.237 e. The summed E-state index contributed by atoms with van der Waals surface area (Å²) in [6.45, 7) is 10.5. The van der Waals surface area contributed by atoms with Crippen molar-refractivity contribution in [3.05, 3.63) is 47.4 Å². The largest absolute Gasteiger partial charge is 0.469 e. The standard InChI is InChI=1S/C20H24N4O2S/c1-6-24-18(16-9-10-26-14(16)4)22-23-20(24)27-15(5)19(25)21-17-11-12(2)7-8-13(17)3/h7-11,15H,6H2,1-5H3,(H,21,25). The van der Waals surface area contributed by atoms with Crippen molar-refractivity contribution in [3.8, 4) is 11.4 Å². The second-order valence-corrected chi connectivity index (χ2v) is 7.82. The third-order valence-electron chi connectivity index (χ3n) is 4.44. The van der Waals surface area contributed by atoms with Crippen LogP contribution in [-0.2, 0) is 11.3 Å². The third-order valence-corrected chi connectivity index (χ3v) is 5.52. The number of rotatable bonds is 6. The molecule has 0 saturated heterocycles. The molecule has 0 aliphatic heterocycles. The molecule has 142 valence electrons. The number of anilines is 1. The average Bonchev–Trinajstić information content (AvgIpc) is 3.23. The molecule has 1 unspecified atom stereocenters. The maximum absolute atomic E-state index is 12.7. The lowest BCUT2D eigenvalue weighted by molar-refractivity contribution is -0.115. The number of hydrogen-bond donors (Lipinski definition) is 1. The van der Waals surface area contributed by atoms with Crippen molar-refractivity contribution in [2.45, 2.75) is 51.6 Å². The Morgan fingerprint density at radius 3 is 2.70 bits per heavy atom. The van der Waals surface area contributed by atoms with Gasteiger partial charge in [0, 0.05) is 12.2 Å². The number of carbonyl (C=O) groups excluding carboxylic acids is 1. The van der Waals surface area contributed by atoms with Crippen LogP contribution in [0.15, 0.2) is 40.1 Å². The van der Waals surface area contributed by atoms with Crippen LogP contribution in [-0.4, -0.2) is 25.9 Å². The Hall–Kier alpha value is -2.54. The first-order valence-corrected chi connectivity index (χ1v) is 9.81. The minimum Gasteiger partial charge on any atom is -0.469 e. The lowest BCUT2D eigenvalue weighted by Gasteiger charge is -2.14. The lowest BCUT2D eigenvalue weighted by atomic mass is 10.1. The van der Waals surface area contributed by atoms with E-state index in [1.54, 1.807) is 6.26 Å². The molecule has 0 bridgehead atoms. The van der Waals surface area contributed by atoms with E-state index in [9.17, 15) is 4.79 Å². The molecule has 0 aliphatic rings. The van der Waals surface area contributed by atoms with Crippen LogP contribution < -0.4 is 5.32 Å². The SMILES string of the molecule is CCn1c(SC(C)C(=O)Nc2cc(C)ccc2C)nnc1-c1ccoc1C. The first-order valence-electron chi connectivity index (χ1n) is 8.93. The zero-order chi connectivity index (χ0) is 19.6. The second kappa shape index (κ2) is 8.00. The second-order valence-electron chi connectivity index (χ2n) is 6.51. The molecule has 1 atom stereocenters. The molecule has 0 fully saturated rings. The Kier molecular flexibility index (Phi) is 5.70. The van der Waals surface area contributed by atoms with Crippen molar-refractivity contribution in [1.29, 1.82) is 0 Å². The van der Waals surface area contributed by atoms with Crippen molar-refractivity contribution in [2.24, 2.45) is 0 Å². The van der Waals surface area contributed by atoms with E-state index in [1.165, 1.54) is 11.8 Å². The third kappa shape index (κ3) is 4.08. The van der Waals surface area contributed by atoms with Gasteiger partial charge in [-0.15, -0.1) is 10.2 Å². The van der Waals surface area contributed by atoms with Crippen LogP contribution in [0.1, 0.15) is 30.7 Å². The average molecular weight is 385 g/mol. The van der Waals surface area contributed by atoms with E-state index in [1.807, 2.05) is 63.5 Å². The number of furan rings is 1. The van der Waals surface area contributed by atoms with Gasteiger partial charge in [-0.25, -0.2) is 0 Å². The fourth-order valence-electron chi connectivity index (χ4n) is 2.79. The molecule has 1 amide bonds. The molecular weight excluding hydrogens is 360 g/mol. The number of nitrogens with one attached hydrogen (secondary N) is 1. The van der Waals surface area contributed by atoms with Crippen LogP contribution in [0.3, 0.4) is 0 Å². The summed E-state index contributed by atoms with van der Waals surface area (Å²) >= 11 is 1.40. The number of amides is 1. The molecule has 1 aromatic carbocycles. The number of aryl methyl sites for hydroxylation is 3. The Morgan fingerprint density at radius 2 is 2.04 bits per heavy atom. The topological polar surface area (TPSA) is 73.0 Å². The van der Waals surface area contributed by atoms with Crippen molar-refractivity contribution in [3.63, 3.8) is 0 Å². The van der Waals surface area contributed by atoms with Gasteiger partial charge in [-0.1, -0.05) is 23.9 Å². The van der Waals surface area contributed by atoms with Gasteiger partial charge in [-0.3, -0.25) is 4.79 Å². The zero-order valence-electron chi connectivity index (χ0n) is 16.2. The van der Waals surface area contributed by atoms with E-state index in [0.717, 1.165) is 39.1 Å². The normalized spacial score (nSPS) is 12.2. The van der Waals surface area contributed by atoms with Crippen LogP contribution in [0.4, 0.5) is 5.69 Å². The number of hydrogen-bond acceptors (Lipinski definition) is 5. The van der Waals surface area contributed by atoms with E-state index >= 15 is 0 Å². The van der Waals surface area contributed by atoms with Crippen LogP contribution in [0.5, 0.6) is 0 Å². The molecule has 3 rings (SSSR count). The molecule has 3 aromatic rings. The van der Waals surface area contributed by atoms with Gasteiger partial charge in [-0.05, 0) is 57.9 Å². The Labute approximate surface area is 163 Å².